The van der Waals surface area contributed by atoms with Crippen LogP contribution in [0, 0.1) is 0 Å². The van der Waals surface area contributed by atoms with Crippen molar-refractivity contribution in [3.63, 3.8) is 0 Å². The maximum absolute atomic E-state index is 11.4. The van der Waals surface area contributed by atoms with E-state index < -0.39 is 0 Å². The predicted molar refractivity (Wildman–Crippen MR) is 60.4 cm³/mol. The van der Waals surface area contributed by atoms with Crippen molar-refractivity contribution in [1.82, 2.24) is 0 Å². The molecule has 0 fully saturated rings. The fraction of sp³-hybridized carbons (Fsp3) is 0.462. The smallest absolute Gasteiger partial charge is 0.306 e. The summed E-state index contributed by atoms with van der Waals surface area (Å²) < 4.78 is 4.95. The maximum Gasteiger partial charge on any atom is 0.306 e. The topological polar surface area (TPSA) is 46.5 Å². The van der Waals surface area contributed by atoms with Crippen LogP contribution >= 0.6 is 0 Å². The number of benzene rings is 1. The van der Waals surface area contributed by atoms with Crippen LogP contribution in [0.4, 0.5) is 0 Å². The quantitative estimate of drug-likeness (QED) is 0.795. The first-order valence-electron chi connectivity index (χ1n) is 5.68. The normalized spacial score (nSPS) is 18.2. The summed E-state index contributed by atoms with van der Waals surface area (Å²) in [5.74, 6) is 0.411. The van der Waals surface area contributed by atoms with Crippen LogP contribution in [0.15, 0.2) is 18.2 Å². The van der Waals surface area contributed by atoms with Gasteiger partial charge in [0.2, 0.25) is 0 Å². The second kappa shape index (κ2) is 4.56. The van der Waals surface area contributed by atoms with Gasteiger partial charge in [0.25, 0.3) is 0 Å². The Balaban J connectivity index is 2.12. The Labute approximate surface area is 95.0 Å². The second-order valence-electron chi connectivity index (χ2n) is 4.09. The zero-order valence-electron chi connectivity index (χ0n) is 9.40. The molecule has 3 heteroatoms. The summed E-state index contributed by atoms with van der Waals surface area (Å²) in [6.07, 6.45) is 2.20. The number of carbonyl (C=O) groups excluding carboxylic acids is 1. The highest BCUT2D eigenvalue weighted by Crippen LogP contribution is 2.39. The maximum atomic E-state index is 11.4. The number of fused-ring (bicyclic) bond motifs is 1. The molecule has 1 unspecified atom stereocenters. The van der Waals surface area contributed by atoms with Gasteiger partial charge in [-0.1, -0.05) is 12.1 Å². The Kier molecular flexibility index (Phi) is 3.13. The van der Waals surface area contributed by atoms with Gasteiger partial charge in [-0.2, -0.15) is 0 Å². The lowest BCUT2D eigenvalue weighted by Crippen LogP contribution is -2.08. The van der Waals surface area contributed by atoms with Gasteiger partial charge in [-0.15, -0.1) is 0 Å². The third-order valence-electron chi connectivity index (χ3n) is 3.09. The third-order valence-corrected chi connectivity index (χ3v) is 3.09. The molecule has 16 heavy (non-hydrogen) atoms. The van der Waals surface area contributed by atoms with Crippen molar-refractivity contribution in [1.29, 1.82) is 0 Å². The zero-order chi connectivity index (χ0) is 11.5. The first-order valence-corrected chi connectivity index (χ1v) is 5.68. The van der Waals surface area contributed by atoms with E-state index in [9.17, 15) is 9.90 Å². The van der Waals surface area contributed by atoms with Crippen LogP contribution in [0.5, 0.6) is 5.75 Å². The Bertz CT molecular complexity index is 398. The van der Waals surface area contributed by atoms with Crippen molar-refractivity contribution in [2.24, 2.45) is 0 Å². The van der Waals surface area contributed by atoms with Crippen LogP contribution in [0.2, 0.25) is 0 Å². The molecule has 1 aliphatic rings. The molecule has 0 saturated carbocycles. The van der Waals surface area contributed by atoms with E-state index in [1.165, 1.54) is 0 Å². The lowest BCUT2D eigenvalue weighted by molar-refractivity contribution is -0.143. The largest absolute Gasteiger partial charge is 0.508 e. The van der Waals surface area contributed by atoms with E-state index in [1.54, 1.807) is 6.07 Å². The number of hydrogen-bond acceptors (Lipinski definition) is 3. The molecule has 1 N–H and O–H groups in total. The number of hydrogen-bond donors (Lipinski definition) is 1. The minimum absolute atomic E-state index is 0.149. The Morgan fingerprint density at radius 1 is 1.56 bits per heavy atom. The molecular formula is C13H16O3. The van der Waals surface area contributed by atoms with Gasteiger partial charge in [0.05, 0.1) is 13.0 Å². The Hall–Kier alpha value is -1.51. The third kappa shape index (κ3) is 2.03. The first kappa shape index (κ1) is 11.0. The molecule has 2 rings (SSSR count). The molecule has 1 atom stereocenters. The van der Waals surface area contributed by atoms with E-state index in [4.69, 9.17) is 4.74 Å². The van der Waals surface area contributed by atoms with E-state index in [2.05, 4.69) is 0 Å². The van der Waals surface area contributed by atoms with Crippen molar-refractivity contribution in [3.05, 3.63) is 29.3 Å². The lowest BCUT2D eigenvalue weighted by Gasteiger charge is -2.10. The first-order chi connectivity index (χ1) is 7.72. The van der Waals surface area contributed by atoms with Gasteiger partial charge < -0.3 is 9.84 Å². The fourth-order valence-corrected chi connectivity index (χ4v) is 2.35. The highest BCUT2D eigenvalue weighted by molar-refractivity contribution is 5.71. The van der Waals surface area contributed by atoms with Gasteiger partial charge in [-0.05, 0) is 42.9 Å². The molecule has 1 aromatic rings. The Morgan fingerprint density at radius 3 is 3.12 bits per heavy atom. The number of rotatable bonds is 3. The van der Waals surface area contributed by atoms with Crippen LogP contribution in [0.25, 0.3) is 0 Å². The van der Waals surface area contributed by atoms with E-state index in [0.29, 0.717) is 18.8 Å². The molecule has 0 amide bonds. The minimum atomic E-state index is -0.149. The fourth-order valence-electron chi connectivity index (χ4n) is 2.35. The number of carbonyl (C=O) groups is 1. The number of esters is 1. The number of aromatic hydroxyl groups is 1. The van der Waals surface area contributed by atoms with Gasteiger partial charge in [0.1, 0.15) is 5.75 Å². The molecule has 3 nitrogen and oxygen atoms in total. The summed E-state index contributed by atoms with van der Waals surface area (Å²) >= 11 is 0. The molecule has 0 heterocycles. The van der Waals surface area contributed by atoms with Gasteiger partial charge in [0.15, 0.2) is 0 Å². The molecule has 1 aromatic carbocycles. The molecule has 1 aliphatic carbocycles. The highest BCUT2D eigenvalue weighted by Gasteiger charge is 2.26. The molecule has 0 aromatic heterocycles. The van der Waals surface area contributed by atoms with Gasteiger partial charge in [-0.25, -0.2) is 0 Å². The summed E-state index contributed by atoms with van der Waals surface area (Å²) in [5.41, 5.74) is 2.10. The van der Waals surface area contributed by atoms with Gasteiger partial charge in [0, 0.05) is 0 Å². The zero-order valence-corrected chi connectivity index (χ0v) is 9.40. The minimum Gasteiger partial charge on any atom is -0.508 e. The van der Waals surface area contributed by atoms with Crippen LogP contribution in [-0.4, -0.2) is 17.7 Å². The van der Waals surface area contributed by atoms with Crippen molar-refractivity contribution in [3.8, 4) is 5.75 Å². The molecule has 0 spiro atoms. The van der Waals surface area contributed by atoms with E-state index in [-0.39, 0.29) is 11.9 Å². The van der Waals surface area contributed by atoms with Crippen molar-refractivity contribution < 1.29 is 14.6 Å². The Morgan fingerprint density at radius 2 is 2.38 bits per heavy atom. The van der Waals surface area contributed by atoms with Crippen LogP contribution in [0.1, 0.15) is 36.8 Å². The van der Waals surface area contributed by atoms with Crippen LogP contribution in [0.3, 0.4) is 0 Å². The van der Waals surface area contributed by atoms with Crippen molar-refractivity contribution in [2.75, 3.05) is 6.61 Å². The summed E-state index contributed by atoms with van der Waals surface area (Å²) in [7, 11) is 0. The van der Waals surface area contributed by atoms with Crippen molar-refractivity contribution in [2.45, 2.75) is 32.1 Å². The van der Waals surface area contributed by atoms with Crippen molar-refractivity contribution >= 4 is 5.97 Å². The number of ether oxygens (including phenoxy) is 1. The molecule has 0 radical (unpaired) electrons. The molecular weight excluding hydrogens is 204 g/mol. The summed E-state index contributed by atoms with van der Waals surface area (Å²) in [6.45, 7) is 2.24. The highest BCUT2D eigenvalue weighted by atomic mass is 16.5. The lowest BCUT2D eigenvalue weighted by atomic mass is 9.98. The molecule has 86 valence electrons. The molecule has 0 bridgehead atoms. The summed E-state index contributed by atoms with van der Waals surface area (Å²) in [6, 6.07) is 5.52. The standard InChI is InChI=1S/C13H16O3/c1-2-16-13(15)8-9-6-7-11-10(9)4-3-5-12(11)14/h3-5,9,14H,2,6-8H2,1H3. The molecule has 0 aliphatic heterocycles. The van der Waals surface area contributed by atoms with Crippen LogP contribution < -0.4 is 0 Å². The number of phenolic OH excluding ortho intramolecular Hbond substituents is 1. The second-order valence-corrected chi connectivity index (χ2v) is 4.09. The average molecular weight is 220 g/mol. The van der Waals surface area contributed by atoms with E-state index in [0.717, 1.165) is 24.0 Å². The van der Waals surface area contributed by atoms with Gasteiger partial charge >= 0.3 is 5.97 Å². The predicted octanol–water partition coefficient (Wildman–Crippen LogP) is 2.38. The summed E-state index contributed by atoms with van der Waals surface area (Å²) in [5, 5.41) is 9.67. The molecule has 0 saturated heterocycles. The average Bonchev–Trinajstić information content (AvgIpc) is 2.64. The SMILES string of the molecule is CCOC(=O)CC1CCc2c(O)cccc21. The van der Waals surface area contributed by atoms with Crippen LogP contribution in [-0.2, 0) is 16.0 Å². The number of phenols is 1. The monoisotopic (exact) mass is 220 g/mol. The van der Waals surface area contributed by atoms with Gasteiger partial charge in [-0.3, -0.25) is 4.79 Å². The van der Waals surface area contributed by atoms with E-state index in [1.807, 2.05) is 19.1 Å². The van der Waals surface area contributed by atoms with E-state index >= 15 is 0 Å². The summed E-state index contributed by atoms with van der Waals surface area (Å²) in [4.78, 5) is 11.4.